The highest BCUT2D eigenvalue weighted by Crippen LogP contribution is 2.35. The molecule has 92 valence electrons. The normalized spacial score (nSPS) is 18.6. The third kappa shape index (κ3) is 2.67. The van der Waals surface area contributed by atoms with Gasteiger partial charge in [-0.05, 0) is 24.5 Å². The van der Waals surface area contributed by atoms with Gasteiger partial charge in [-0.3, -0.25) is 4.79 Å². The lowest BCUT2D eigenvalue weighted by Crippen LogP contribution is -2.39. The van der Waals surface area contributed by atoms with E-state index in [1.54, 1.807) is 12.1 Å². The van der Waals surface area contributed by atoms with Crippen LogP contribution in [0.3, 0.4) is 0 Å². The Balaban J connectivity index is 2.28. The molecule has 0 saturated carbocycles. The minimum Gasteiger partial charge on any atom is -0.372 e. The number of carbonyl (C=O) groups is 1. The molecule has 0 aromatic heterocycles. The summed E-state index contributed by atoms with van der Waals surface area (Å²) in [6.07, 6.45) is 0.783. The molecule has 2 N–H and O–H groups in total. The first kappa shape index (κ1) is 12.5. The summed E-state index contributed by atoms with van der Waals surface area (Å²) in [4.78, 5) is 11.8. The van der Waals surface area contributed by atoms with Crippen LogP contribution in [0.25, 0.3) is 0 Å². The molecule has 5 heteroatoms. The fourth-order valence-electron chi connectivity index (χ4n) is 1.88. The van der Waals surface area contributed by atoms with Gasteiger partial charge in [0.1, 0.15) is 6.04 Å². The third-order valence-electron chi connectivity index (χ3n) is 2.67. The number of hydrogen-bond acceptors (Lipinski definition) is 2. The van der Waals surface area contributed by atoms with Crippen molar-refractivity contribution in [3.8, 4) is 0 Å². The molecule has 0 spiro atoms. The Hall–Kier alpha value is -0.930. The Morgan fingerprint density at radius 2 is 1.82 bits per heavy atom. The zero-order valence-electron chi connectivity index (χ0n) is 9.68. The minimum absolute atomic E-state index is 0.0235. The van der Waals surface area contributed by atoms with Gasteiger partial charge in [0.2, 0.25) is 5.91 Å². The smallest absolute Gasteiger partial charge is 0.246 e. The molecule has 2 rings (SSSR count). The summed E-state index contributed by atoms with van der Waals surface area (Å²) in [5, 5.41) is 6.95. The van der Waals surface area contributed by atoms with Crippen molar-refractivity contribution in [3.63, 3.8) is 0 Å². The standard InChI is InChI=1S/C12H14Cl2N2O/c1-6(2)3-11-12(17)16-10-5-8(14)7(13)4-9(10)15-11/h4-6,11,15H,3H2,1-2H3,(H,16,17). The zero-order chi connectivity index (χ0) is 12.6. The van der Waals surface area contributed by atoms with E-state index in [1.165, 1.54) is 0 Å². The van der Waals surface area contributed by atoms with Crippen LogP contribution in [0.5, 0.6) is 0 Å². The molecule has 1 unspecified atom stereocenters. The van der Waals surface area contributed by atoms with E-state index >= 15 is 0 Å². The average molecular weight is 273 g/mol. The van der Waals surface area contributed by atoms with Gasteiger partial charge in [-0.15, -0.1) is 0 Å². The van der Waals surface area contributed by atoms with Crippen molar-refractivity contribution in [2.75, 3.05) is 10.6 Å². The van der Waals surface area contributed by atoms with E-state index in [2.05, 4.69) is 24.5 Å². The molecule has 1 aromatic rings. The van der Waals surface area contributed by atoms with Crippen molar-refractivity contribution in [1.82, 2.24) is 0 Å². The van der Waals surface area contributed by atoms with Gasteiger partial charge in [0.25, 0.3) is 0 Å². The molecule has 17 heavy (non-hydrogen) atoms. The van der Waals surface area contributed by atoms with Gasteiger partial charge in [0, 0.05) is 0 Å². The second-order valence-corrected chi connectivity index (χ2v) is 5.44. The quantitative estimate of drug-likeness (QED) is 0.861. The lowest BCUT2D eigenvalue weighted by Gasteiger charge is -2.28. The van der Waals surface area contributed by atoms with Gasteiger partial charge >= 0.3 is 0 Å². The zero-order valence-corrected chi connectivity index (χ0v) is 11.2. The topological polar surface area (TPSA) is 41.1 Å². The lowest BCUT2D eigenvalue weighted by atomic mass is 10.0. The van der Waals surface area contributed by atoms with Gasteiger partial charge in [-0.25, -0.2) is 0 Å². The average Bonchev–Trinajstić information content (AvgIpc) is 2.22. The maximum atomic E-state index is 11.8. The summed E-state index contributed by atoms with van der Waals surface area (Å²) in [6.45, 7) is 4.17. The first-order chi connectivity index (χ1) is 7.97. The number of rotatable bonds is 2. The van der Waals surface area contributed by atoms with E-state index in [1.807, 2.05) is 0 Å². The van der Waals surface area contributed by atoms with Crippen molar-refractivity contribution in [3.05, 3.63) is 22.2 Å². The number of fused-ring (bicyclic) bond motifs is 1. The summed E-state index contributed by atoms with van der Waals surface area (Å²) >= 11 is 11.9. The second kappa shape index (κ2) is 4.75. The van der Waals surface area contributed by atoms with Crippen LogP contribution in [0.1, 0.15) is 20.3 Å². The first-order valence-corrected chi connectivity index (χ1v) is 6.29. The van der Waals surface area contributed by atoms with Crippen LogP contribution >= 0.6 is 23.2 Å². The third-order valence-corrected chi connectivity index (χ3v) is 3.39. The number of carbonyl (C=O) groups excluding carboxylic acids is 1. The van der Waals surface area contributed by atoms with E-state index < -0.39 is 0 Å². The lowest BCUT2D eigenvalue weighted by molar-refractivity contribution is -0.117. The maximum Gasteiger partial charge on any atom is 0.246 e. The molecule has 0 saturated heterocycles. The number of amides is 1. The minimum atomic E-state index is -0.209. The SMILES string of the molecule is CC(C)CC1Nc2cc(Cl)c(Cl)cc2NC1=O. The maximum absolute atomic E-state index is 11.8. The number of nitrogens with one attached hydrogen (secondary N) is 2. The van der Waals surface area contributed by atoms with E-state index in [0.717, 1.165) is 12.1 Å². The molecule has 0 bridgehead atoms. The van der Waals surface area contributed by atoms with Crippen LogP contribution in [0.2, 0.25) is 10.0 Å². The van der Waals surface area contributed by atoms with E-state index in [4.69, 9.17) is 23.2 Å². The van der Waals surface area contributed by atoms with Gasteiger partial charge in [-0.1, -0.05) is 37.0 Å². The predicted octanol–water partition coefficient (Wildman–Crippen LogP) is 3.77. The molecule has 1 heterocycles. The monoisotopic (exact) mass is 272 g/mol. The molecule has 1 aliphatic heterocycles. The number of benzene rings is 1. The van der Waals surface area contributed by atoms with Crippen molar-refractivity contribution in [1.29, 1.82) is 0 Å². The van der Waals surface area contributed by atoms with Crippen molar-refractivity contribution < 1.29 is 4.79 Å². The summed E-state index contributed by atoms with van der Waals surface area (Å²) in [7, 11) is 0. The Labute approximate surface area is 110 Å². The molecular weight excluding hydrogens is 259 g/mol. The van der Waals surface area contributed by atoms with Crippen LogP contribution in [-0.2, 0) is 4.79 Å². The Kier molecular flexibility index (Phi) is 3.50. The molecule has 0 aliphatic carbocycles. The van der Waals surface area contributed by atoms with Crippen molar-refractivity contribution >= 4 is 40.5 Å². The molecule has 0 radical (unpaired) electrons. The molecule has 1 amide bonds. The van der Waals surface area contributed by atoms with Crippen LogP contribution < -0.4 is 10.6 Å². The van der Waals surface area contributed by atoms with Crippen LogP contribution in [0.15, 0.2) is 12.1 Å². The molecule has 1 atom stereocenters. The van der Waals surface area contributed by atoms with E-state index in [0.29, 0.717) is 21.7 Å². The van der Waals surface area contributed by atoms with Crippen LogP contribution in [0, 0.1) is 5.92 Å². The van der Waals surface area contributed by atoms with Crippen LogP contribution in [0.4, 0.5) is 11.4 Å². The fraction of sp³-hybridized carbons (Fsp3) is 0.417. The number of halogens is 2. The van der Waals surface area contributed by atoms with Gasteiger partial charge in [0.15, 0.2) is 0 Å². The molecule has 3 nitrogen and oxygen atoms in total. The van der Waals surface area contributed by atoms with Crippen LogP contribution in [-0.4, -0.2) is 11.9 Å². The summed E-state index contributed by atoms with van der Waals surface area (Å²) in [5.41, 5.74) is 1.51. The summed E-state index contributed by atoms with van der Waals surface area (Å²) < 4.78 is 0. The highest BCUT2D eigenvalue weighted by Gasteiger charge is 2.26. The molecular formula is C12H14Cl2N2O. The Bertz CT molecular complexity index is 460. The summed E-state index contributed by atoms with van der Waals surface area (Å²) in [6, 6.07) is 3.20. The highest BCUT2D eigenvalue weighted by molar-refractivity contribution is 6.42. The first-order valence-electron chi connectivity index (χ1n) is 5.54. The van der Waals surface area contributed by atoms with Gasteiger partial charge in [0.05, 0.1) is 21.4 Å². The van der Waals surface area contributed by atoms with Crippen molar-refractivity contribution in [2.45, 2.75) is 26.3 Å². The summed E-state index contributed by atoms with van der Waals surface area (Å²) in [5.74, 6) is 0.423. The molecule has 1 aliphatic rings. The van der Waals surface area contributed by atoms with Gasteiger partial charge < -0.3 is 10.6 Å². The number of anilines is 2. The second-order valence-electron chi connectivity index (χ2n) is 4.63. The molecule has 0 fully saturated rings. The Morgan fingerprint density at radius 1 is 1.24 bits per heavy atom. The highest BCUT2D eigenvalue weighted by atomic mass is 35.5. The van der Waals surface area contributed by atoms with E-state index in [9.17, 15) is 4.79 Å². The largest absolute Gasteiger partial charge is 0.372 e. The van der Waals surface area contributed by atoms with Crippen molar-refractivity contribution in [2.24, 2.45) is 5.92 Å². The van der Waals surface area contributed by atoms with E-state index in [-0.39, 0.29) is 11.9 Å². The fourth-order valence-corrected chi connectivity index (χ4v) is 2.21. The van der Waals surface area contributed by atoms with Gasteiger partial charge in [-0.2, -0.15) is 0 Å². The Morgan fingerprint density at radius 3 is 2.41 bits per heavy atom. The molecule has 1 aromatic carbocycles. The predicted molar refractivity (Wildman–Crippen MR) is 72.0 cm³/mol. The number of hydrogen-bond donors (Lipinski definition) is 2.